The van der Waals surface area contributed by atoms with Gasteiger partial charge in [0, 0.05) is 31.3 Å². The molecule has 0 aliphatic carbocycles. The van der Waals surface area contributed by atoms with Crippen LogP contribution < -0.4 is 0 Å². The zero-order valence-corrected chi connectivity index (χ0v) is 15.4. The zero-order chi connectivity index (χ0) is 15.5. The van der Waals surface area contributed by atoms with Gasteiger partial charge in [-0.25, -0.2) is 0 Å². The number of nitrogens with zero attached hydrogens (tertiary/aromatic N) is 3. The van der Waals surface area contributed by atoms with Gasteiger partial charge < -0.3 is 4.40 Å². The summed E-state index contributed by atoms with van der Waals surface area (Å²) >= 11 is 0. The van der Waals surface area contributed by atoms with Gasteiger partial charge in [0.15, 0.2) is 0 Å². The van der Waals surface area contributed by atoms with Crippen molar-refractivity contribution < 1.29 is 24.5 Å². The van der Waals surface area contributed by atoms with Gasteiger partial charge in [0.2, 0.25) is 0 Å². The first kappa shape index (κ1) is 16.0. The molecule has 0 saturated carbocycles. The van der Waals surface area contributed by atoms with Crippen LogP contribution in [0.2, 0.25) is 0 Å². The molecule has 0 saturated heterocycles. The standard InChI is InChI=1S/C18H15FN3.Ir/c1-18(2,3)17-21-14-10-11(19)8-9-12(14)16-20-13-6-4-5-7-15(13)22(16)17;/h4-8,10H,1-3H3;/q-1;. The Bertz CT molecular complexity index is 1030. The third-order valence-electron chi connectivity index (χ3n) is 3.78. The largest absolute Gasteiger partial charge is 0.321 e. The van der Waals surface area contributed by atoms with Crippen LogP contribution in [0.15, 0.2) is 36.4 Å². The third kappa shape index (κ3) is 2.44. The summed E-state index contributed by atoms with van der Waals surface area (Å²) in [6, 6.07) is 13.7. The van der Waals surface area contributed by atoms with E-state index in [0.29, 0.717) is 5.52 Å². The fraction of sp³-hybridized carbons (Fsp3) is 0.222. The minimum absolute atomic E-state index is 0. The normalized spacial score (nSPS) is 12.0. The molecule has 1 radical (unpaired) electrons. The number of benzene rings is 2. The summed E-state index contributed by atoms with van der Waals surface area (Å²) in [5.74, 6) is 0.531. The number of fused-ring (bicyclic) bond motifs is 5. The van der Waals surface area contributed by atoms with E-state index in [0.717, 1.165) is 27.9 Å². The van der Waals surface area contributed by atoms with Gasteiger partial charge in [-0.3, -0.25) is 14.4 Å². The van der Waals surface area contributed by atoms with Crippen LogP contribution in [-0.2, 0) is 25.5 Å². The van der Waals surface area contributed by atoms with Crippen LogP contribution in [0.3, 0.4) is 0 Å². The molecule has 3 nitrogen and oxygen atoms in total. The van der Waals surface area contributed by atoms with E-state index in [4.69, 9.17) is 9.97 Å². The maximum Gasteiger partial charge on any atom is 0.102 e. The quantitative estimate of drug-likeness (QED) is 0.349. The number of hydrogen-bond acceptors (Lipinski definition) is 2. The van der Waals surface area contributed by atoms with Crippen molar-refractivity contribution in [2.75, 3.05) is 0 Å². The topological polar surface area (TPSA) is 30.2 Å². The number of halogens is 1. The van der Waals surface area contributed by atoms with Gasteiger partial charge in [-0.1, -0.05) is 44.4 Å². The van der Waals surface area contributed by atoms with Crippen molar-refractivity contribution in [3.8, 4) is 0 Å². The molecule has 4 aromatic rings. The molecule has 4 rings (SSSR count). The molecule has 0 aliphatic heterocycles. The Balaban J connectivity index is 0.00000156. The van der Waals surface area contributed by atoms with Crippen molar-refractivity contribution in [2.45, 2.75) is 26.2 Å². The third-order valence-corrected chi connectivity index (χ3v) is 3.78. The maximum absolute atomic E-state index is 13.6. The summed E-state index contributed by atoms with van der Waals surface area (Å²) < 4.78 is 15.6. The Morgan fingerprint density at radius 1 is 1.09 bits per heavy atom. The average molecular weight is 485 g/mol. The van der Waals surface area contributed by atoms with Crippen LogP contribution in [0.4, 0.5) is 4.39 Å². The van der Waals surface area contributed by atoms with E-state index >= 15 is 0 Å². The molecule has 2 aromatic carbocycles. The van der Waals surface area contributed by atoms with E-state index in [9.17, 15) is 4.39 Å². The van der Waals surface area contributed by atoms with Gasteiger partial charge in [-0.05, 0) is 17.6 Å². The van der Waals surface area contributed by atoms with Crippen molar-refractivity contribution in [3.05, 3.63) is 54.1 Å². The Hall–Kier alpha value is -1.84. The number of hydrogen-bond donors (Lipinski definition) is 0. The van der Waals surface area contributed by atoms with Crippen molar-refractivity contribution in [1.82, 2.24) is 14.4 Å². The molecule has 23 heavy (non-hydrogen) atoms. The molecule has 5 heteroatoms. The van der Waals surface area contributed by atoms with E-state index in [1.807, 2.05) is 24.3 Å². The van der Waals surface area contributed by atoms with Crippen molar-refractivity contribution in [1.29, 1.82) is 0 Å². The van der Waals surface area contributed by atoms with Gasteiger partial charge in [-0.2, -0.15) is 0 Å². The van der Waals surface area contributed by atoms with E-state index in [2.05, 4.69) is 31.2 Å². The molecular weight excluding hydrogens is 469 g/mol. The van der Waals surface area contributed by atoms with Crippen LogP contribution in [-0.4, -0.2) is 14.4 Å². The Labute approximate surface area is 146 Å². The Kier molecular flexibility index (Phi) is 3.74. The molecule has 2 aromatic heterocycles. The molecule has 0 amide bonds. The van der Waals surface area contributed by atoms with Gasteiger partial charge >= 0.3 is 0 Å². The van der Waals surface area contributed by atoms with E-state index in [1.54, 1.807) is 0 Å². The molecule has 0 aliphatic rings. The molecule has 0 bridgehead atoms. The minimum Gasteiger partial charge on any atom is -0.321 e. The second-order valence-electron chi connectivity index (χ2n) is 6.52. The summed E-state index contributed by atoms with van der Waals surface area (Å²) in [5, 5.41) is 0.741. The predicted octanol–water partition coefficient (Wildman–Crippen LogP) is 4.27. The summed E-state index contributed by atoms with van der Waals surface area (Å²) in [4.78, 5) is 9.43. The molecule has 0 spiro atoms. The number of para-hydroxylation sites is 2. The maximum atomic E-state index is 13.6. The summed E-state index contributed by atoms with van der Waals surface area (Å²) in [6.45, 7) is 6.29. The van der Waals surface area contributed by atoms with Gasteiger partial charge in [-0.15, -0.1) is 12.1 Å². The molecule has 0 atom stereocenters. The first-order chi connectivity index (χ1) is 10.4. The van der Waals surface area contributed by atoms with Gasteiger partial charge in [0.25, 0.3) is 0 Å². The number of aromatic nitrogens is 3. The number of imidazole rings is 1. The monoisotopic (exact) mass is 485 g/mol. The molecule has 2 heterocycles. The van der Waals surface area contributed by atoms with Crippen molar-refractivity contribution >= 4 is 27.6 Å². The van der Waals surface area contributed by atoms with Crippen molar-refractivity contribution in [2.24, 2.45) is 0 Å². The van der Waals surface area contributed by atoms with Crippen LogP contribution in [0.5, 0.6) is 0 Å². The van der Waals surface area contributed by atoms with Crippen LogP contribution in [0.25, 0.3) is 27.6 Å². The van der Waals surface area contributed by atoms with Gasteiger partial charge in [0.1, 0.15) is 5.82 Å². The summed E-state index contributed by atoms with van der Waals surface area (Å²) in [5.41, 5.74) is 3.08. The van der Waals surface area contributed by atoms with Crippen molar-refractivity contribution in [3.63, 3.8) is 0 Å². The minimum atomic E-state index is -0.333. The fourth-order valence-electron chi connectivity index (χ4n) is 2.80. The Morgan fingerprint density at radius 2 is 1.83 bits per heavy atom. The smallest absolute Gasteiger partial charge is 0.102 e. The van der Waals surface area contributed by atoms with Crippen LogP contribution >= 0.6 is 0 Å². The predicted molar refractivity (Wildman–Crippen MR) is 85.5 cm³/mol. The molecular formula is C18H15FIrN3-. The first-order valence-electron chi connectivity index (χ1n) is 7.24. The van der Waals surface area contributed by atoms with E-state index in [-0.39, 0.29) is 31.3 Å². The molecule has 119 valence electrons. The SMILES string of the molecule is CC(C)(C)c1nc2cc(F)c[c-]c2c2nc3ccccc3n12.[Ir]. The van der Waals surface area contributed by atoms with Crippen LogP contribution in [0.1, 0.15) is 26.6 Å². The van der Waals surface area contributed by atoms with Gasteiger partial charge in [0.05, 0.1) is 16.7 Å². The van der Waals surface area contributed by atoms with E-state index in [1.165, 1.54) is 12.1 Å². The molecule has 0 fully saturated rings. The molecule has 0 unspecified atom stereocenters. The Morgan fingerprint density at radius 3 is 2.57 bits per heavy atom. The molecule has 0 N–H and O–H groups in total. The first-order valence-corrected chi connectivity index (χ1v) is 7.24. The fourth-order valence-corrected chi connectivity index (χ4v) is 2.80. The number of rotatable bonds is 0. The van der Waals surface area contributed by atoms with E-state index < -0.39 is 0 Å². The summed E-state index contributed by atoms with van der Waals surface area (Å²) in [6.07, 6.45) is 0. The second-order valence-corrected chi connectivity index (χ2v) is 6.52. The average Bonchev–Trinajstić information content (AvgIpc) is 2.84. The summed E-state index contributed by atoms with van der Waals surface area (Å²) in [7, 11) is 0. The second kappa shape index (κ2) is 5.36. The van der Waals surface area contributed by atoms with Crippen LogP contribution in [0, 0.1) is 11.9 Å². The zero-order valence-electron chi connectivity index (χ0n) is 13.0.